The van der Waals surface area contributed by atoms with E-state index in [4.69, 9.17) is 0 Å². The minimum atomic E-state index is 1.05. The lowest BCUT2D eigenvalue weighted by molar-refractivity contribution is 0.253. The first-order chi connectivity index (χ1) is 5.88. The number of rotatable bonds is 2. The average Bonchev–Trinajstić information content (AvgIpc) is 2.77. The van der Waals surface area contributed by atoms with Crippen molar-refractivity contribution in [3.63, 3.8) is 0 Å². The van der Waals surface area contributed by atoms with Crippen LogP contribution in [0.1, 0.15) is 58.3 Å². The summed E-state index contributed by atoms with van der Waals surface area (Å²) in [5, 5.41) is 0. The molecule has 0 heterocycles. The Bertz CT molecular complexity index is 111. The third-order valence-corrected chi connectivity index (χ3v) is 4.29. The molecule has 2 aliphatic rings. The molecule has 0 aromatic heterocycles. The van der Waals surface area contributed by atoms with E-state index < -0.39 is 0 Å². The van der Waals surface area contributed by atoms with Gasteiger partial charge in [-0.05, 0) is 17.8 Å². The summed E-state index contributed by atoms with van der Waals surface area (Å²) >= 11 is 0. The second-order valence-corrected chi connectivity index (χ2v) is 4.95. The highest BCUT2D eigenvalue weighted by Gasteiger charge is 2.29. The SMILES string of the molecule is CC(C1CCCC1)C1CCCC1. The second kappa shape index (κ2) is 3.81. The molecule has 0 amide bonds. The Hall–Kier alpha value is 0. The van der Waals surface area contributed by atoms with Crippen LogP contribution in [0, 0.1) is 17.8 Å². The molecule has 0 atom stereocenters. The summed E-state index contributed by atoms with van der Waals surface area (Å²) in [6.45, 7) is 2.52. The normalized spacial score (nSPS) is 27.5. The van der Waals surface area contributed by atoms with Gasteiger partial charge in [-0.3, -0.25) is 0 Å². The number of hydrogen-bond donors (Lipinski definition) is 0. The molecular weight excluding hydrogens is 144 g/mol. The van der Waals surface area contributed by atoms with Crippen molar-refractivity contribution in [2.24, 2.45) is 17.8 Å². The summed E-state index contributed by atoms with van der Waals surface area (Å²) in [6, 6.07) is 0. The fourth-order valence-corrected chi connectivity index (χ4v) is 3.35. The second-order valence-electron chi connectivity index (χ2n) is 4.95. The highest BCUT2D eigenvalue weighted by Crippen LogP contribution is 2.41. The Morgan fingerprint density at radius 3 is 1.42 bits per heavy atom. The maximum atomic E-state index is 2.52. The van der Waals surface area contributed by atoms with Crippen molar-refractivity contribution in [2.75, 3.05) is 0 Å². The van der Waals surface area contributed by atoms with Gasteiger partial charge in [-0.2, -0.15) is 0 Å². The molecule has 2 rings (SSSR count). The van der Waals surface area contributed by atoms with Crippen LogP contribution in [0.15, 0.2) is 0 Å². The Morgan fingerprint density at radius 2 is 1.08 bits per heavy atom. The lowest BCUT2D eigenvalue weighted by atomic mass is 9.81. The van der Waals surface area contributed by atoms with Gasteiger partial charge in [0.2, 0.25) is 0 Å². The molecule has 0 radical (unpaired) electrons. The smallest absolute Gasteiger partial charge is 0.0386 e. The van der Waals surface area contributed by atoms with Crippen LogP contribution in [0.3, 0.4) is 0 Å². The van der Waals surface area contributed by atoms with E-state index >= 15 is 0 Å². The summed E-state index contributed by atoms with van der Waals surface area (Å²) < 4.78 is 0. The molecule has 0 heteroatoms. The van der Waals surface area contributed by atoms with Crippen molar-refractivity contribution >= 4 is 0 Å². The van der Waals surface area contributed by atoms with Crippen LogP contribution in [0.4, 0.5) is 0 Å². The highest BCUT2D eigenvalue weighted by atomic mass is 14.3. The Kier molecular flexibility index (Phi) is 2.73. The minimum absolute atomic E-state index is 1.05. The Balaban J connectivity index is 1.84. The van der Waals surface area contributed by atoms with Crippen molar-refractivity contribution in [3.8, 4) is 0 Å². The molecule has 0 saturated heterocycles. The predicted molar refractivity (Wildman–Crippen MR) is 53.1 cm³/mol. The number of hydrogen-bond acceptors (Lipinski definition) is 0. The molecule has 0 nitrogen and oxygen atoms in total. The molecule has 70 valence electrons. The Morgan fingerprint density at radius 1 is 0.750 bits per heavy atom. The summed E-state index contributed by atoms with van der Waals surface area (Å²) in [5.41, 5.74) is 0. The molecule has 0 spiro atoms. The lowest BCUT2D eigenvalue weighted by Gasteiger charge is -2.24. The zero-order chi connectivity index (χ0) is 8.39. The van der Waals surface area contributed by atoms with E-state index in [9.17, 15) is 0 Å². The van der Waals surface area contributed by atoms with E-state index in [1.165, 1.54) is 51.4 Å². The van der Waals surface area contributed by atoms with Crippen LogP contribution in [-0.4, -0.2) is 0 Å². The first-order valence-electron chi connectivity index (χ1n) is 5.88. The van der Waals surface area contributed by atoms with Gasteiger partial charge in [-0.15, -0.1) is 0 Å². The van der Waals surface area contributed by atoms with Crippen LogP contribution in [0.25, 0.3) is 0 Å². The fourth-order valence-electron chi connectivity index (χ4n) is 3.35. The largest absolute Gasteiger partial charge is 0.0620 e. The van der Waals surface area contributed by atoms with E-state index in [1.54, 1.807) is 0 Å². The third kappa shape index (κ3) is 1.67. The van der Waals surface area contributed by atoms with Gasteiger partial charge in [0, 0.05) is 0 Å². The third-order valence-electron chi connectivity index (χ3n) is 4.29. The molecule has 0 aromatic rings. The average molecular weight is 166 g/mol. The van der Waals surface area contributed by atoms with E-state index in [0.29, 0.717) is 0 Å². The molecular formula is C12H22. The summed E-state index contributed by atoms with van der Waals surface area (Å²) in [5.74, 6) is 3.26. The molecule has 2 saturated carbocycles. The molecule has 0 N–H and O–H groups in total. The molecule has 2 fully saturated rings. The van der Waals surface area contributed by atoms with Crippen molar-refractivity contribution in [1.82, 2.24) is 0 Å². The summed E-state index contributed by atoms with van der Waals surface area (Å²) in [7, 11) is 0. The van der Waals surface area contributed by atoms with Crippen molar-refractivity contribution in [2.45, 2.75) is 58.3 Å². The van der Waals surface area contributed by atoms with Crippen molar-refractivity contribution < 1.29 is 0 Å². The zero-order valence-electron chi connectivity index (χ0n) is 8.39. The van der Waals surface area contributed by atoms with Gasteiger partial charge in [0.25, 0.3) is 0 Å². The van der Waals surface area contributed by atoms with E-state index in [-0.39, 0.29) is 0 Å². The molecule has 0 aliphatic heterocycles. The van der Waals surface area contributed by atoms with Gasteiger partial charge in [0.15, 0.2) is 0 Å². The monoisotopic (exact) mass is 166 g/mol. The van der Waals surface area contributed by atoms with Gasteiger partial charge in [0.1, 0.15) is 0 Å². The lowest BCUT2D eigenvalue weighted by Crippen LogP contribution is -2.16. The maximum absolute atomic E-state index is 2.52. The molecule has 0 aromatic carbocycles. The molecule has 2 aliphatic carbocycles. The van der Waals surface area contributed by atoms with Crippen LogP contribution in [0.2, 0.25) is 0 Å². The van der Waals surface area contributed by atoms with Gasteiger partial charge >= 0.3 is 0 Å². The topological polar surface area (TPSA) is 0 Å². The minimum Gasteiger partial charge on any atom is -0.0620 e. The highest BCUT2D eigenvalue weighted by molar-refractivity contribution is 4.80. The standard InChI is InChI=1S/C12H22/c1-10(11-6-2-3-7-11)12-8-4-5-9-12/h10-12H,2-9H2,1H3. The first kappa shape index (κ1) is 8.59. The van der Waals surface area contributed by atoms with Crippen molar-refractivity contribution in [3.05, 3.63) is 0 Å². The van der Waals surface area contributed by atoms with Crippen molar-refractivity contribution in [1.29, 1.82) is 0 Å². The van der Waals surface area contributed by atoms with E-state index in [2.05, 4.69) is 6.92 Å². The van der Waals surface area contributed by atoms with Crippen LogP contribution < -0.4 is 0 Å². The molecule has 0 bridgehead atoms. The van der Waals surface area contributed by atoms with Crippen LogP contribution in [-0.2, 0) is 0 Å². The van der Waals surface area contributed by atoms with Gasteiger partial charge in [-0.1, -0.05) is 58.3 Å². The zero-order valence-corrected chi connectivity index (χ0v) is 8.39. The van der Waals surface area contributed by atoms with Crippen LogP contribution in [0.5, 0.6) is 0 Å². The van der Waals surface area contributed by atoms with Gasteiger partial charge in [0.05, 0.1) is 0 Å². The van der Waals surface area contributed by atoms with Crippen LogP contribution >= 0.6 is 0 Å². The fraction of sp³-hybridized carbons (Fsp3) is 1.00. The summed E-state index contributed by atoms with van der Waals surface area (Å²) in [6.07, 6.45) is 12.2. The van der Waals surface area contributed by atoms with E-state index in [0.717, 1.165) is 17.8 Å². The summed E-state index contributed by atoms with van der Waals surface area (Å²) in [4.78, 5) is 0. The molecule has 12 heavy (non-hydrogen) atoms. The molecule has 0 unspecified atom stereocenters. The quantitative estimate of drug-likeness (QED) is 0.581. The Labute approximate surface area is 76.7 Å². The van der Waals surface area contributed by atoms with E-state index in [1.807, 2.05) is 0 Å². The first-order valence-corrected chi connectivity index (χ1v) is 5.88. The predicted octanol–water partition coefficient (Wildman–Crippen LogP) is 4.00. The maximum Gasteiger partial charge on any atom is -0.0386 e. The van der Waals surface area contributed by atoms with Gasteiger partial charge in [-0.25, -0.2) is 0 Å². The van der Waals surface area contributed by atoms with Gasteiger partial charge < -0.3 is 0 Å².